The molecule has 1 aromatic heterocycles. The molecule has 9 heteroatoms. The van der Waals surface area contributed by atoms with Crippen LogP contribution in [0.2, 0.25) is 0 Å². The number of furan rings is 1. The van der Waals surface area contributed by atoms with E-state index >= 15 is 0 Å². The third-order valence-electron chi connectivity index (χ3n) is 4.41. The summed E-state index contributed by atoms with van der Waals surface area (Å²) in [4.78, 5) is 24.3. The summed E-state index contributed by atoms with van der Waals surface area (Å²) in [6, 6.07) is 12.1. The van der Waals surface area contributed by atoms with Gasteiger partial charge in [-0.15, -0.1) is 0 Å². The number of carbonyl (C=O) groups is 2. The molecule has 164 valence electrons. The SMILES string of the molecule is COc1cc(/C=C/C(=O)OCC(=O)Nc2c(C#N)oc3ccccc23)cc(OC)c1OC. The fourth-order valence-electron chi connectivity index (χ4n) is 2.97. The molecule has 9 nitrogen and oxygen atoms in total. The number of fused-ring (bicyclic) bond motifs is 1. The number of hydrogen-bond acceptors (Lipinski definition) is 8. The molecule has 0 aliphatic carbocycles. The van der Waals surface area contributed by atoms with Gasteiger partial charge in [-0.3, -0.25) is 4.79 Å². The zero-order chi connectivity index (χ0) is 23.1. The van der Waals surface area contributed by atoms with E-state index in [1.54, 1.807) is 36.4 Å². The molecule has 1 N–H and O–H groups in total. The summed E-state index contributed by atoms with van der Waals surface area (Å²) in [5, 5.41) is 12.3. The maximum absolute atomic E-state index is 12.2. The van der Waals surface area contributed by atoms with Crippen molar-refractivity contribution < 1.29 is 33.0 Å². The van der Waals surface area contributed by atoms with Crippen LogP contribution in [-0.4, -0.2) is 39.8 Å². The van der Waals surface area contributed by atoms with Gasteiger partial charge in [0.1, 0.15) is 17.3 Å². The quantitative estimate of drug-likeness (QED) is 0.421. The molecular formula is C23H20N2O7. The van der Waals surface area contributed by atoms with Crippen LogP contribution < -0.4 is 19.5 Å². The van der Waals surface area contributed by atoms with E-state index in [1.165, 1.54) is 33.5 Å². The number of ether oxygens (including phenoxy) is 4. The van der Waals surface area contributed by atoms with E-state index in [0.717, 1.165) is 0 Å². The molecule has 2 aromatic carbocycles. The lowest BCUT2D eigenvalue weighted by Gasteiger charge is -2.12. The van der Waals surface area contributed by atoms with Crippen LogP contribution in [-0.2, 0) is 14.3 Å². The summed E-state index contributed by atoms with van der Waals surface area (Å²) in [7, 11) is 4.46. The Balaban J connectivity index is 1.64. The van der Waals surface area contributed by atoms with E-state index < -0.39 is 18.5 Å². The molecule has 1 heterocycles. The van der Waals surface area contributed by atoms with Gasteiger partial charge in [0.15, 0.2) is 18.1 Å². The maximum Gasteiger partial charge on any atom is 0.331 e. The lowest BCUT2D eigenvalue weighted by molar-refractivity contribution is -0.142. The van der Waals surface area contributed by atoms with Gasteiger partial charge >= 0.3 is 5.97 Å². The first kappa shape index (κ1) is 22.2. The number of amides is 1. The van der Waals surface area contributed by atoms with Crippen LogP contribution >= 0.6 is 0 Å². The first-order chi connectivity index (χ1) is 15.5. The number of para-hydroxylation sites is 1. The number of benzene rings is 2. The molecule has 0 saturated carbocycles. The Labute approximate surface area is 183 Å². The van der Waals surface area contributed by atoms with E-state index in [-0.39, 0.29) is 11.4 Å². The van der Waals surface area contributed by atoms with Crippen LogP contribution in [0.1, 0.15) is 11.3 Å². The monoisotopic (exact) mass is 436 g/mol. The van der Waals surface area contributed by atoms with Gasteiger partial charge in [0.05, 0.1) is 21.3 Å². The Morgan fingerprint density at radius 2 is 1.78 bits per heavy atom. The smallest absolute Gasteiger partial charge is 0.331 e. The Kier molecular flexibility index (Phi) is 6.98. The second kappa shape index (κ2) is 10.0. The summed E-state index contributed by atoms with van der Waals surface area (Å²) in [5.74, 6) is -0.0862. The molecule has 3 rings (SSSR count). The highest BCUT2D eigenvalue weighted by atomic mass is 16.5. The zero-order valence-electron chi connectivity index (χ0n) is 17.6. The minimum Gasteiger partial charge on any atom is -0.493 e. The zero-order valence-corrected chi connectivity index (χ0v) is 17.6. The fraction of sp³-hybridized carbons (Fsp3) is 0.174. The van der Waals surface area contributed by atoms with Crippen molar-refractivity contribution in [3.8, 4) is 23.3 Å². The normalized spacial score (nSPS) is 10.6. The Morgan fingerprint density at radius 1 is 1.09 bits per heavy atom. The molecule has 32 heavy (non-hydrogen) atoms. The van der Waals surface area contributed by atoms with E-state index in [0.29, 0.717) is 33.8 Å². The first-order valence-corrected chi connectivity index (χ1v) is 9.37. The van der Waals surface area contributed by atoms with E-state index in [2.05, 4.69) is 5.32 Å². The third-order valence-corrected chi connectivity index (χ3v) is 4.41. The predicted molar refractivity (Wildman–Crippen MR) is 116 cm³/mol. The summed E-state index contributed by atoms with van der Waals surface area (Å²) in [5.41, 5.74) is 1.30. The predicted octanol–water partition coefficient (Wildman–Crippen LogP) is 3.53. The van der Waals surface area contributed by atoms with Crippen LogP contribution in [0.15, 0.2) is 46.9 Å². The van der Waals surface area contributed by atoms with Gasteiger partial charge in [0, 0.05) is 11.5 Å². The van der Waals surface area contributed by atoms with Crippen molar-refractivity contribution in [3.05, 3.63) is 53.8 Å². The van der Waals surface area contributed by atoms with E-state index in [4.69, 9.17) is 23.4 Å². The summed E-state index contributed by atoms with van der Waals surface area (Å²) >= 11 is 0. The maximum atomic E-state index is 12.2. The number of nitrogens with zero attached hydrogens (tertiary/aromatic N) is 1. The molecule has 0 atom stereocenters. The number of carbonyl (C=O) groups excluding carboxylic acids is 2. The van der Waals surface area contributed by atoms with Gasteiger partial charge in [-0.2, -0.15) is 5.26 Å². The van der Waals surface area contributed by atoms with Crippen molar-refractivity contribution in [2.75, 3.05) is 33.3 Å². The van der Waals surface area contributed by atoms with Crippen molar-refractivity contribution >= 4 is 34.6 Å². The van der Waals surface area contributed by atoms with E-state index in [9.17, 15) is 14.9 Å². The van der Waals surface area contributed by atoms with Crippen LogP contribution in [0.5, 0.6) is 17.2 Å². The summed E-state index contributed by atoms with van der Waals surface area (Å²) in [6.07, 6.45) is 2.66. The number of hydrogen-bond donors (Lipinski definition) is 1. The first-order valence-electron chi connectivity index (χ1n) is 9.37. The van der Waals surface area contributed by atoms with Gasteiger partial charge < -0.3 is 28.7 Å². The summed E-state index contributed by atoms with van der Waals surface area (Å²) in [6.45, 7) is -0.539. The molecule has 0 bridgehead atoms. The second-order valence-corrected chi connectivity index (χ2v) is 6.36. The number of nitriles is 1. The van der Waals surface area contributed by atoms with Crippen molar-refractivity contribution in [2.24, 2.45) is 0 Å². The minimum atomic E-state index is -0.730. The van der Waals surface area contributed by atoms with Gasteiger partial charge in [0.25, 0.3) is 5.91 Å². The average Bonchev–Trinajstić information content (AvgIpc) is 3.17. The molecule has 0 fully saturated rings. The Bertz CT molecular complexity index is 1200. The van der Waals surface area contributed by atoms with Crippen molar-refractivity contribution in [1.82, 2.24) is 0 Å². The number of nitrogens with one attached hydrogen (secondary N) is 1. The Morgan fingerprint density at radius 3 is 2.41 bits per heavy atom. The number of anilines is 1. The molecular weight excluding hydrogens is 416 g/mol. The molecule has 3 aromatic rings. The van der Waals surface area contributed by atoms with Gasteiger partial charge in [-0.25, -0.2) is 4.79 Å². The molecule has 0 aliphatic rings. The molecule has 1 amide bonds. The highest BCUT2D eigenvalue weighted by molar-refractivity contribution is 6.03. The fourth-order valence-corrected chi connectivity index (χ4v) is 2.97. The average molecular weight is 436 g/mol. The van der Waals surface area contributed by atoms with Crippen LogP contribution in [0, 0.1) is 11.3 Å². The van der Waals surface area contributed by atoms with Crippen LogP contribution in [0.3, 0.4) is 0 Å². The lowest BCUT2D eigenvalue weighted by Crippen LogP contribution is -2.20. The number of methoxy groups -OCH3 is 3. The van der Waals surface area contributed by atoms with Gasteiger partial charge in [-0.1, -0.05) is 12.1 Å². The largest absolute Gasteiger partial charge is 0.493 e. The topological polar surface area (TPSA) is 120 Å². The Hall–Kier alpha value is -4.45. The van der Waals surface area contributed by atoms with Crippen molar-refractivity contribution in [2.45, 2.75) is 0 Å². The van der Waals surface area contributed by atoms with Crippen LogP contribution in [0.4, 0.5) is 5.69 Å². The molecule has 0 saturated heterocycles. The van der Waals surface area contributed by atoms with Gasteiger partial charge in [0.2, 0.25) is 11.5 Å². The van der Waals surface area contributed by atoms with Crippen LogP contribution in [0.25, 0.3) is 17.0 Å². The number of esters is 1. The van der Waals surface area contributed by atoms with Gasteiger partial charge in [-0.05, 0) is 35.9 Å². The van der Waals surface area contributed by atoms with Crippen molar-refractivity contribution in [1.29, 1.82) is 5.26 Å². The summed E-state index contributed by atoms with van der Waals surface area (Å²) < 4.78 is 26.2. The highest BCUT2D eigenvalue weighted by Gasteiger charge is 2.17. The van der Waals surface area contributed by atoms with E-state index in [1.807, 2.05) is 6.07 Å². The lowest BCUT2D eigenvalue weighted by atomic mass is 10.1. The standard InChI is InChI=1S/C23H20N2O7/c1-28-17-10-14(11-18(29-2)23(17)30-3)8-9-21(27)31-13-20(26)25-22-15-6-4-5-7-16(15)32-19(22)12-24/h4-11H,13H2,1-3H3,(H,25,26)/b9-8+. The minimum absolute atomic E-state index is 0.0341. The third kappa shape index (κ3) is 4.82. The molecule has 0 spiro atoms. The second-order valence-electron chi connectivity index (χ2n) is 6.36. The van der Waals surface area contributed by atoms with Crippen molar-refractivity contribution in [3.63, 3.8) is 0 Å². The molecule has 0 radical (unpaired) electrons. The molecule has 0 unspecified atom stereocenters. The number of rotatable bonds is 8. The molecule has 0 aliphatic heterocycles. The highest BCUT2D eigenvalue weighted by Crippen LogP contribution is 2.38.